The number of carbonyl (C=O) groups is 1. The van der Waals surface area contributed by atoms with Crippen molar-refractivity contribution < 1.29 is 23.8 Å². The maximum Gasteiger partial charge on any atom is 0.371 e. The lowest BCUT2D eigenvalue weighted by atomic mass is 10.2. The zero-order valence-electron chi connectivity index (χ0n) is 12.1. The molecular formula is C16H18O5. The molecule has 0 aliphatic carbocycles. The fourth-order valence-corrected chi connectivity index (χ4v) is 1.82. The molecule has 0 saturated heterocycles. The van der Waals surface area contributed by atoms with Crippen molar-refractivity contribution in [2.75, 3.05) is 6.61 Å². The minimum atomic E-state index is -1.09. The lowest BCUT2D eigenvalue weighted by Crippen LogP contribution is -2.00. The van der Waals surface area contributed by atoms with E-state index in [1.165, 1.54) is 6.07 Å². The predicted molar refractivity (Wildman–Crippen MR) is 77.0 cm³/mol. The number of aryl methyl sites for hydroxylation is 1. The van der Waals surface area contributed by atoms with Crippen molar-refractivity contribution in [1.29, 1.82) is 0 Å². The van der Waals surface area contributed by atoms with E-state index in [-0.39, 0.29) is 12.4 Å². The van der Waals surface area contributed by atoms with Gasteiger partial charge < -0.3 is 19.0 Å². The van der Waals surface area contributed by atoms with E-state index in [1.807, 2.05) is 31.2 Å². The molecule has 0 fully saturated rings. The summed E-state index contributed by atoms with van der Waals surface area (Å²) in [5.74, 6) is 0.680. The van der Waals surface area contributed by atoms with Gasteiger partial charge in [0.1, 0.15) is 12.4 Å². The van der Waals surface area contributed by atoms with Crippen LogP contribution < -0.4 is 9.47 Å². The number of hydrogen-bond donors (Lipinski definition) is 1. The van der Waals surface area contributed by atoms with Crippen LogP contribution in [-0.4, -0.2) is 17.7 Å². The first kappa shape index (κ1) is 15.0. The van der Waals surface area contributed by atoms with Gasteiger partial charge in [0.15, 0.2) is 11.5 Å². The average molecular weight is 290 g/mol. The second-order valence-electron chi connectivity index (χ2n) is 4.58. The highest BCUT2D eigenvalue weighted by molar-refractivity contribution is 5.84. The zero-order chi connectivity index (χ0) is 15.2. The van der Waals surface area contributed by atoms with Crippen molar-refractivity contribution in [3.8, 4) is 11.5 Å². The normalized spacial score (nSPS) is 10.4. The molecule has 1 aromatic carbocycles. The molecule has 0 aliphatic rings. The van der Waals surface area contributed by atoms with Crippen molar-refractivity contribution in [3.63, 3.8) is 0 Å². The number of hydrogen-bond acceptors (Lipinski definition) is 4. The highest BCUT2D eigenvalue weighted by Crippen LogP contribution is 2.28. The summed E-state index contributed by atoms with van der Waals surface area (Å²) in [6.45, 7) is 4.60. The van der Waals surface area contributed by atoms with Gasteiger partial charge in [-0.1, -0.05) is 19.1 Å². The van der Waals surface area contributed by atoms with Crippen molar-refractivity contribution >= 4 is 5.97 Å². The minimum Gasteiger partial charge on any atom is -0.490 e. The van der Waals surface area contributed by atoms with Gasteiger partial charge in [-0.05, 0) is 31.5 Å². The molecule has 0 bridgehead atoms. The quantitative estimate of drug-likeness (QED) is 0.842. The molecule has 0 radical (unpaired) electrons. The summed E-state index contributed by atoms with van der Waals surface area (Å²) in [5, 5.41) is 8.89. The number of ether oxygens (including phenoxy) is 2. The van der Waals surface area contributed by atoms with Crippen LogP contribution in [0.2, 0.25) is 0 Å². The van der Waals surface area contributed by atoms with Crippen LogP contribution in [0.15, 0.2) is 34.7 Å². The molecule has 1 heterocycles. The predicted octanol–water partition coefficient (Wildman–Crippen LogP) is 3.65. The van der Waals surface area contributed by atoms with Crippen LogP contribution in [0.3, 0.4) is 0 Å². The van der Waals surface area contributed by atoms with Gasteiger partial charge in [-0.2, -0.15) is 0 Å². The van der Waals surface area contributed by atoms with E-state index in [0.717, 1.165) is 6.42 Å². The number of carboxylic acids is 1. The summed E-state index contributed by atoms with van der Waals surface area (Å²) < 4.78 is 16.5. The lowest BCUT2D eigenvalue weighted by Gasteiger charge is -2.11. The van der Waals surface area contributed by atoms with Crippen molar-refractivity contribution in [2.45, 2.75) is 26.9 Å². The van der Waals surface area contributed by atoms with Gasteiger partial charge in [0.25, 0.3) is 0 Å². The Bertz CT molecular complexity index is 615. The summed E-state index contributed by atoms with van der Waals surface area (Å²) in [6.07, 6.45) is 0.914. The third kappa shape index (κ3) is 3.78. The summed E-state index contributed by atoms with van der Waals surface area (Å²) in [4.78, 5) is 10.9. The minimum absolute atomic E-state index is 0.0818. The van der Waals surface area contributed by atoms with E-state index in [4.69, 9.17) is 19.0 Å². The molecule has 5 heteroatoms. The Labute approximate surface area is 123 Å². The zero-order valence-corrected chi connectivity index (χ0v) is 12.1. The topological polar surface area (TPSA) is 68.9 Å². The monoisotopic (exact) mass is 290 g/mol. The number of rotatable bonds is 7. The average Bonchev–Trinajstić information content (AvgIpc) is 2.85. The van der Waals surface area contributed by atoms with Crippen molar-refractivity contribution in [2.24, 2.45) is 0 Å². The highest BCUT2D eigenvalue weighted by Gasteiger charge is 2.14. The molecule has 21 heavy (non-hydrogen) atoms. The molecule has 0 atom stereocenters. The molecule has 112 valence electrons. The fraction of sp³-hybridized carbons (Fsp3) is 0.312. The summed E-state index contributed by atoms with van der Waals surface area (Å²) in [6, 6.07) is 8.88. The molecule has 0 aliphatic heterocycles. The van der Waals surface area contributed by atoms with Crippen molar-refractivity contribution in [1.82, 2.24) is 0 Å². The SMILES string of the molecule is CCCOc1ccccc1OCc1cc(C(=O)O)oc1C. The molecule has 0 amide bonds. The molecule has 0 saturated carbocycles. The molecule has 0 spiro atoms. The first-order valence-corrected chi connectivity index (χ1v) is 6.79. The summed E-state index contributed by atoms with van der Waals surface area (Å²) in [7, 11) is 0. The smallest absolute Gasteiger partial charge is 0.371 e. The molecule has 1 N–H and O–H groups in total. The Hall–Kier alpha value is -2.43. The van der Waals surface area contributed by atoms with Gasteiger partial charge in [-0.15, -0.1) is 0 Å². The van der Waals surface area contributed by atoms with E-state index < -0.39 is 5.97 Å². The molecule has 0 unspecified atom stereocenters. The van der Waals surface area contributed by atoms with E-state index >= 15 is 0 Å². The molecule has 1 aromatic heterocycles. The van der Waals surface area contributed by atoms with Crippen molar-refractivity contribution in [3.05, 3.63) is 47.4 Å². The Morgan fingerprint density at radius 3 is 2.48 bits per heavy atom. The van der Waals surface area contributed by atoms with Crippen LogP contribution in [0.25, 0.3) is 0 Å². The third-order valence-corrected chi connectivity index (χ3v) is 2.93. The first-order valence-electron chi connectivity index (χ1n) is 6.79. The number of carboxylic acid groups (broad SMARTS) is 1. The fourth-order valence-electron chi connectivity index (χ4n) is 1.82. The maximum absolute atomic E-state index is 10.9. The van der Waals surface area contributed by atoms with Crippen LogP contribution in [0, 0.1) is 6.92 Å². The number of para-hydroxylation sites is 2. The number of benzene rings is 1. The number of aromatic carboxylic acids is 1. The van der Waals surface area contributed by atoms with Crippen LogP contribution in [0.1, 0.15) is 35.2 Å². The molecular weight excluding hydrogens is 272 g/mol. The summed E-state index contributed by atoms with van der Waals surface area (Å²) in [5.41, 5.74) is 0.706. The van der Waals surface area contributed by atoms with E-state index in [9.17, 15) is 4.79 Å². The van der Waals surface area contributed by atoms with Crippen LogP contribution >= 0.6 is 0 Å². The molecule has 5 nitrogen and oxygen atoms in total. The summed E-state index contributed by atoms with van der Waals surface area (Å²) >= 11 is 0. The third-order valence-electron chi connectivity index (χ3n) is 2.93. The first-order chi connectivity index (χ1) is 10.1. The van der Waals surface area contributed by atoms with Gasteiger partial charge in [-0.3, -0.25) is 0 Å². The van der Waals surface area contributed by atoms with Gasteiger partial charge in [-0.25, -0.2) is 4.79 Å². The Morgan fingerprint density at radius 1 is 1.24 bits per heavy atom. The van der Waals surface area contributed by atoms with Gasteiger partial charge in [0.2, 0.25) is 5.76 Å². The lowest BCUT2D eigenvalue weighted by molar-refractivity contribution is 0.0661. The van der Waals surface area contributed by atoms with Gasteiger partial charge in [0.05, 0.1) is 6.61 Å². The maximum atomic E-state index is 10.9. The standard InChI is InChI=1S/C16H18O5/c1-3-8-19-13-6-4-5-7-14(13)20-10-12-9-15(16(17)18)21-11(12)2/h4-7,9H,3,8,10H2,1-2H3,(H,17,18). The van der Waals surface area contributed by atoms with Crippen LogP contribution in [-0.2, 0) is 6.61 Å². The Balaban J connectivity index is 2.07. The van der Waals surface area contributed by atoms with Crippen LogP contribution in [0.5, 0.6) is 11.5 Å². The number of furan rings is 1. The van der Waals surface area contributed by atoms with Crippen LogP contribution in [0.4, 0.5) is 0 Å². The largest absolute Gasteiger partial charge is 0.490 e. The Kier molecular flexibility index (Phi) is 4.87. The second kappa shape index (κ2) is 6.83. The highest BCUT2D eigenvalue weighted by atomic mass is 16.5. The van der Waals surface area contributed by atoms with E-state index in [1.54, 1.807) is 6.92 Å². The molecule has 2 rings (SSSR count). The molecule has 2 aromatic rings. The van der Waals surface area contributed by atoms with Gasteiger partial charge >= 0.3 is 5.97 Å². The van der Waals surface area contributed by atoms with Gasteiger partial charge in [0, 0.05) is 5.56 Å². The second-order valence-corrected chi connectivity index (χ2v) is 4.58. The Morgan fingerprint density at radius 2 is 1.90 bits per heavy atom. The van der Waals surface area contributed by atoms with E-state index in [2.05, 4.69) is 0 Å². The van der Waals surface area contributed by atoms with E-state index in [0.29, 0.717) is 29.4 Å².